The van der Waals surface area contributed by atoms with Crippen LogP contribution in [0.15, 0.2) is 0 Å². The third kappa shape index (κ3) is 6.36. The summed E-state index contributed by atoms with van der Waals surface area (Å²) in [6.45, 7) is 10.1. The molecule has 0 aromatic rings. The van der Waals surface area contributed by atoms with Crippen LogP contribution in [0.2, 0.25) is 0 Å². The van der Waals surface area contributed by atoms with Crippen molar-refractivity contribution < 1.29 is 4.79 Å². The van der Waals surface area contributed by atoms with Crippen molar-refractivity contribution in [3.63, 3.8) is 0 Å². The van der Waals surface area contributed by atoms with Gasteiger partial charge in [0.05, 0.1) is 6.04 Å². The lowest BCUT2D eigenvalue weighted by Crippen LogP contribution is -2.49. The van der Waals surface area contributed by atoms with E-state index in [0.29, 0.717) is 0 Å². The maximum absolute atomic E-state index is 12.5. The number of likely N-dealkylation sites (tertiary alicyclic amines) is 2. The van der Waals surface area contributed by atoms with Crippen LogP contribution in [0.1, 0.15) is 78.1 Å². The molecule has 0 aromatic carbocycles. The topological polar surface area (TPSA) is 35.6 Å². The monoisotopic (exact) mass is 337 g/mol. The molecule has 0 unspecified atom stereocenters. The van der Waals surface area contributed by atoms with Crippen LogP contribution in [0.5, 0.6) is 0 Å². The molecule has 2 atom stereocenters. The normalized spacial score (nSPS) is 26.4. The van der Waals surface area contributed by atoms with E-state index in [0.717, 1.165) is 38.5 Å². The summed E-state index contributed by atoms with van der Waals surface area (Å²) in [5.74, 6) is 0.275. The van der Waals surface area contributed by atoms with Crippen LogP contribution in [0.3, 0.4) is 0 Å². The van der Waals surface area contributed by atoms with Crippen LogP contribution in [0.25, 0.3) is 0 Å². The molecular weight excluding hydrogens is 298 g/mol. The highest BCUT2D eigenvalue weighted by Crippen LogP contribution is 2.18. The van der Waals surface area contributed by atoms with Gasteiger partial charge in [0, 0.05) is 12.6 Å². The lowest BCUT2D eigenvalue weighted by molar-refractivity contribution is -0.127. The molecule has 1 N–H and O–H groups in total. The van der Waals surface area contributed by atoms with Crippen molar-refractivity contribution in [1.29, 1.82) is 0 Å². The van der Waals surface area contributed by atoms with E-state index >= 15 is 0 Å². The number of hydrogen-bond acceptors (Lipinski definition) is 3. The van der Waals surface area contributed by atoms with Crippen molar-refractivity contribution in [1.82, 2.24) is 15.1 Å². The highest BCUT2D eigenvalue weighted by molar-refractivity contribution is 5.81. The van der Waals surface area contributed by atoms with Crippen LogP contribution in [-0.2, 0) is 4.79 Å². The molecule has 0 aromatic heterocycles. The van der Waals surface area contributed by atoms with Crippen molar-refractivity contribution in [2.45, 2.75) is 90.1 Å². The highest BCUT2D eigenvalue weighted by Gasteiger charge is 2.27. The Kier molecular flexibility index (Phi) is 9.11. The fourth-order valence-corrected chi connectivity index (χ4v) is 4.18. The first-order valence-electron chi connectivity index (χ1n) is 10.5. The number of hydrogen-bond donors (Lipinski definition) is 1. The Morgan fingerprint density at radius 3 is 2.42 bits per heavy atom. The number of rotatable bonds is 9. The minimum atomic E-state index is 0.132. The van der Waals surface area contributed by atoms with Crippen molar-refractivity contribution >= 4 is 5.91 Å². The van der Waals surface area contributed by atoms with Crippen molar-refractivity contribution in [3.8, 4) is 0 Å². The highest BCUT2D eigenvalue weighted by atomic mass is 16.2. The quantitative estimate of drug-likeness (QED) is 0.655. The molecule has 2 heterocycles. The molecule has 0 bridgehead atoms. The molecule has 0 saturated carbocycles. The molecule has 0 aliphatic carbocycles. The van der Waals surface area contributed by atoms with E-state index in [9.17, 15) is 4.79 Å². The molecule has 1 amide bonds. The van der Waals surface area contributed by atoms with E-state index in [1.807, 2.05) is 0 Å². The van der Waals surface area contributed by atoms with E-state index in [-0.39, 0.29) is 11.9 Å². The van der Waals surface area contributed by atoms with Crippen LogP contribution >= 0.6 is 0 Å². The van der Waals surface area contributed by atoms with Gasteiger partial charge in [0.25, 0.3) is 0 Å². The fraction of sp³-hybridized carbons (Fsp3) is 0.950. The fourth-order valence-electron chi connectivity index (χ4n) is 4.18. The van der Waals surface area contributed by atoms with Crippen molar-refractivity contribution in [3.05, 3.63) is 0 Å². The van der Waals surface area contributed by atoms with E-state index in [1.54, 1.807) is 0 Å². The molecule has 2 saturated heterocycles. The van der Waals surface area contributed by atoms with E-state index in [2.05, 4.69) is 29.0 Å². The lowest BCUT2D eigenvalue weighted by Gasteiger charge is -2.34. The third-order valence-corrected chi connectivity index (χ3v) is 5.83. The average molecular weight is 338 g/mol. The van der Waals surface area contributed by atoms with E-state index in [1.165, 1.54) is 64.5 Å². The van der Waals surface area contributed by atoms with E-state index < -0.39 is 0 Å². The first-order chi connectivity index (χ1) is 11.7. The Morgan fingerprint density at radius 2 is 1.67 bits per heavy atom. The van der Waals surface area contributed by atoms with Gasteiger partial charge in [0.2, 0.25) is 5.91 Å². The molecule has 140 valence electrons. The molecule has 0 spiro atoms. The number of unbranched alkanes of at least 4 members (excludes halogenated alkanes) is 2. The van der Waals surface area contributed by atoms with Gasteiger partial charge >= 0.3 is 0 Å². The number of nitrogens with zero attached hydrogens (tertiary/aromatic N) is 2. The van der Waals surface area contributed by atoms with Crippen molar-refractivity contribution in [2.24, 2.45) is 0 Å². The van der Waals surface area contributed by atoms with Gasteiger partial charge in [-0.25, -0.2) is 0 Å². The molecule has 0 radical (unpaired) electrons. The summed E-state index contributed by atoms with van der Waals surface area (Å²) in [5.41, 5.74) is 0. The number of nitrogens with one attached hydrogen (secondary N) is 1. The Bertz CT molecular complexity index is 361. The van der Waals surface area contributed by atoms with Crippen LogP contribution in [-0.4, -0.2) is 60.5 Å². The second-order valence-electron chi connectivity index (χ2n) is 7.78. The Balaban J connectivity index is 1.61. The zero-order valence-corrected chi connectivity index (χ0v) is 16.1. The molecule has 2 rings (SSSR count). The number of carbonyl (C=O) groups excluding carboxylic acids is 1. The zero-order valence-electron chi connectivity index (χ0n) is 16.1. The maximum atomic E-state index is 12.5. The molecule has 2 fully saturated rings. The van der Waals surface area contributed by atoms with Crippen LogP contribution in [0.4, 0.5) is 0 Å². The number of carbonyl (C=O) groups is 1. The maximum Gasteiger partial charge on any atom is 0.237 e. The molecular formula is C20H39N3O. The Labute approximate surface area is 149 Å². The second kappa shape index (κ2) is 11.1. The lowest BCUT2D eigenvalue weighted by atomic mass is 10.0. The zero-order chi connectivity index (χ0) is 17.2. The van der Waals surface area contributed by atoms with Crippen molar-refractivity contribution in [2.75, 3.05) is 32.7 Å². The summed E-state index contributed by atoms with van der Waals surface area (Å²) in [6, 6.07) is 0.884. The van der Waals surface area contributed by atoms with E-state index in [4.69, 9.17) is 0 Å². The Morgan fingerprint density at radius 1 is 0.958 bits per heavy atom. The minimum Gasteiger partial charge on any atom is -0.355 e. The van der Waals surface area contributed by atoms with Gasteiger partial charge < -0.3 is 10.2 Å². The minimum absolute atomic E-state index is 0.132. The summed E-state index contributed by atoms with van der Waals surface area (Å²) in [6.07, 6.45) is 12.3. The van der Waals surface area contributed by atoms with Gasteiger partial charge in [-0.05, 0) is 78.0 Å². The first-order valence-corrected chi connectivity index (χ1v) is 10.5. The van der Waals surface area contributed by atoms with Crippen LogP contribution in [0, 0.1) is 0 Å². The SMILES string of the molecule is CCCCN1CCCC[C@H]1C(=O)NCCCCN1CCCC[C@@H]1C. The summed E-state index contributed by atoms with van der Waals surface area (Å²) < 4.78 is 0. The predicted molar refractivity (Wildman–Crippen MR) is 101 cm³/mol. The second-order valence-corrected chi connectivity index (χ2v) is 7.78. The number of amides is 1. The largest absolute Gasteiger partial charge is 0.355 e. The Hall–Kier alpha value is -0.610. The standard InChI is InChI=1S/C20H39N3O/c1-3-4-14-23-17-9-6-12-19(23)20(24)21-13-7-10-16-22-15-8-5-11-18(22)2/h18-19H,3-17H2,1-2H3,(H,21,24)/t18-,19-/m0/s1. The molecule has 2 aliphatic heterocycles. The predicted octanol–water partition coefficient (Wildman–Crippen LogP) is 3.41. The number of piperidine rings is 2. The molecule has 4 heteroatoms. The molecule has 4 nitrogen and oxygen atoms in total. The van der Waals surface area contributed by atoms with Gasteiger partial charge in [-0.3, -0.25) is 9.69 Å². The van der Waals surface area contributed by atoms with Gasteiger partial charge in [0.1, 0.15) is 0 Å². The molecule has 24 heavy (non-hydrogen) atoms. The van der Waals surface area contributed by atoms with Crippen LogP contribution < -0.4 is 5.32 Å². The van der Waals surface area contributed by atoms with Gasteiger partial charge in [-0.1, -0.05) is 26.2 Å². The van der Waals surface area contributed by atoms with Gasteiger partial charge in [-0.2, -0.15) is 0 Å². The molecule has 2 aliphatic rings. The summed E-state index contributed by atoms with van der Waals surface area (Å²) in [5, 5.41) is 3.21. The first kappa shape index (κ1) is 19.7. The summed E-state index contributed by atoms with van der Waals surface area (Å²) in [4.78, 5) is 17.6. The van der Waals surface area contributed by atoms with Gasteiger partial charge in [-0.15, -0.1) is 0 Å². The smallest absolute Gasteiger partial charge is 0.237 e. The average Bonchev–Trinajstić information content (AvgIpc) is 2.61. The third-order valence-electron chi connectivity index (χ3n) is 5.83. The van der Waals surface area contributed by atoms with Gasteiger partial charge in [0.15, 0.2) is 0 Å². The summed E-state index contributed by atoms with van der Waals surface area (Å²) in [7, 11) is 0. The summed E-state index contributed by atoms with van der Waals surface area (Å²) >= 11 is 0.